The number of ether oxygens (including phenoxy) is 2. The molecule has 0 bridgehead atoms. The van der Waals surface area contributed by atoms with Gasteiger partial charge in [-0.3, -0.25) is 0 Å². The highest BCUT2D eigenvalue weighted by molar-refractivity contribution is 5.92. The first-order valence-corrected chi connectivity index (χ1v) is 7.27. The van der Waals surface area contributed by atoms with E-state index >= 15 is 0 Å². The second-order valence-corrected chi connectivity index (χ2v) is 4.86. The van der Waals surface area contributed by atoms with Crippen molar-refractivity contribution in [3.8, 4) is 6.07 Å². The highest BCUT2D eigenvalue weighted by atomic mass is 19.1. The summed E-state index contributed by atoms with van der Waals surface area (Å²) in [6.45, 7) is 3.60. The van der Waals surface area contributed by atoms with Crippen LogP contribution in [0.1, 0.15) is 31.7 Å². The second kappa shape index (κ2) is 6.97. The molecule has 5 nitrogen and oxygen atoms in total. The summed E-state index contributed by atoms with van der Waals surface area (Å²) >= 11 is 0. The number of rotatable bonds is 4. The molecule has 1 heterocycles. The molecule has 1 aromatic carbocycles. The molecule has 6 heteroatoms. The number of halogens is 1. The minimum atomic E-state index is -0.941. The van der Waals surface area contributed by atoms with Gasteiger partial charge in [-0.25, -0.2) is 9.18 Å². The number of nitrogens with two attached hydrogens (primary N) is 1. The van der Waals surface area contributed by atoms with E-state index in [1.54, 1.807) is 19.9 Å². The fourth-order valence-corrected chi connectivity index (χ4v) is 2.53. The maximum absolute atomic E-state index is 14.3. The second-order valence-electron chi connectivity index (χ2n) is 4.86. The normalized spacial score (nSPS) is 17.6. The van der Waals surface area contributed by atoms with Gasteiger partial charge >= 0.3 is 5.97 Å². The Hall–Kier alpha value is -2.81. The summed E-state index contributed by atoms with van der Waals surface area (Å²) in [5.74, 6) is -1.95. The number of hydrogen-bond acceptors (Lipinski definition) is 5. The average Bonchev–Trinajstić information content (AvgIpc) is 2.54. The molecule has 0 aliphatic carbocycles. The third-order valence-electron chi connectivity index (χ3n) is 3.53. The van der Waals surface area contributed by atoms with Crippen LogP contribution in [0, 0.1) is 17.1 Å². The van der Waals surface area contributed by atoms with E-state index in [1.165, 1.54) is 18.2 Å². The highest BCUT2D eigenvalue weighted by Gasteiger charge is 2.38. The van der Waals surface area contributed by atoms with Crippen LogP contribution in [0.15, 0.2) is 47.1 Å². The first-order valence-electron chi connectivity index (χ1n) is 7.27. The Morgan fingerprint density at radius 1 is 1.43 bits per heavy atom. The molecule has 1 aromatic rings. The Morgan fingerprint density at radius 2 is 2.13 bits per heavy atom. The fourth-order valence-electron chi connectivity index (χ4n) is 2.53. The molecule has 2 N–H and O–H groups in total. The predicted octanol–water partition coefficient (Wildman–Crippen LogP) is 2.86. The van der Waals surface area contributed by atoms with Crippen LogP contribution in [-0.4, -0.2) is 12.6 Å². The Labute approximate surface area is 133 Å². The van der Waals surface area contributed by atoms with Gasteiger partial charge in [0, 0.05) is 12.0 Å². The number of carbonyl (C=O) groups excluding carboxylic acids is 1. The number of allylic oxidation sites excluding steroid dienone is 2. The van der Waals surface area contributed by atoms with Gasteiger partial charge < -0.3 is 15.2 Å². The van der Waals surface area contributed by atoms with Gasteiger partial charge in [0.2, 0.25) is 5.88 Å². The molecule has 1 aliphatic rings. The van der Waals surface area contributed by atoms with Crippen molar-refractivity contribution in [2.75, 3.05) is 6.61 Å². The monoisotopic (exact) mass is 316 g/mol. The van der Waals surface area contributed by atoms with Crippen LogP contribution in [0.25, 0.3) is 0 Å². The maximum atomic E-state index is 14.3. The first-order chi connectivity index (χ1) is 11.0. The molecule has 0 amide bonds. The third-order valence-corrected chi connectivity index (χ3v) is 3.53. The number of hydrogen-bond donors (Lipinski definition) is 1. The van der Waals surface area contributed by atoms with Gasteiger partial charge in [-0.15, -0.1) is 0 Å². The minimum Gasteiger partial charge on any atom is -0.463 e. The predicted molar refractivity (Wildman–Crippen MR) is 81.0 cm³/mol. The van der Waals surface area contributed by atoms with E-state index < -0.39 is 17.7 Å². The molecule has 0 spiro atoms. The molecule has 0 radical (unpaired) electrons. The smallest absolute Gasteiger partial charge is 0.338 e. The molecule has 1 aliphatic heterocycles. The zero-order chi connectivity index (χ0) is 17.0. The van der Waals surface area contributed by atoms with Gasteiger partial charge in [0.15, 0.2) is 0 Å². The summed E-state index contributed by atoms with van der Waals surface area (Å²) in [6, 6.07) is 7.87. The van der Waals surface area contributed by atoms with Crippen LogP contribution in [0.2, 0.25) is 0 Å². The summed E-state index contributed by atoms with van der Waals surface area (Å²) in [5.41, 5.74) is 6.09. The highest BCUT2D eigenvalue weighted by Crippen LogP contribution is 2.41. The number of benzene rings is 1. The van der Waals surface area contributed by atoms with E-state index in [-0.39, 0.29) is 35.0 Å². The van der Waals surface area contributed by atoms with Crippen LogP contribution >= 0.6 is 0 Å². The van der Waals surface area contributed by atoms with E-state index in [4.69, 9.17) is 15.2 Å². The molecule has 2 rings (SSSR count). The molecule has 0 saturated heterocycles. The van der Waals surface area contributed by atoms with Crippen molar-refractivity contribution in [1.29, 1.82) is 5.26 Å². The van der Waals surface area contributed by atoms with E-state index in [0.717, 1.165) is 0 Å². The fraction of sp³-hybridized carbons (Fsp3) is 0.294. The SMILES string of the molecule is CCOC(=O)C1=C(CC)OC(N)=C(C#N)[C@H]1c1ccccc1F. The Bertz CT molecular complexity index is 732. The van der Waals surface area contributed by atoms with Gasteiger partial charge in [0.1, 0.15) is 23.2 Å². The van der Waals surface area contributed by atoms with Crippen molar-refractivity contribution < 1.29 is 18.7 Å². The van der Waals surface area contributed by atoms with Crippen molar-refractivity contribution in [1.82, 2.24) is 0 Å². The lowest BCUT2D eigenvalue weighted by Crippen LogP contribution is -2.26. The summed E-state index contributed by atoms with van der Waals surface area (Å²) in [5, 5.41) is 9.41. The summed E-state index contributed by atoms with van der Waals surface area (Å²) in [6.07, 6.45) is 0.360. The summed E-state index contributed by atoms with van der Waals surface area (Å²) in [4.78, 5) is 12.4. The largest absolute Gasteiger partial charge is 0.463 e. The van der Waals surface area contributed by atoms with Crippen LogP contribution in [0.5, 0.6) is 0 Å². The van der Waals surface area contributed by atoms with Gasteiger partial charge in [-0.1, -0.05) is 25.1 Å². The molecule has 0 fully saturated rings. The molecule has 120 valence electrons. The molecule has 0 aromatic heterocycles. The maximum Gasteiger partial charge on any atom is 0.338 e. The Kier molecular flexibility index (Phi) is 5.02. The van der Waals surface area contributed by atoms with Gasteiger partial charge in [0.05, 0.1) is 18.1 Å². The quantitative estimate of drug-likeness (QED) is 0.863. The Morgan fingerprint density at radius 3 is 2.70 bits per heavy atom. The third kappa shape index (κ3) is 3.04. The molecule has 0 unspecified atom stereocenters. The van der Waals surface area contributed by atoms with E-state index in [0.29, 0.717) is 6.42 Å². The zero-order valence-corrected chi connectivity index (χ0v) is 12.9. The van der Waals surface area contributed by atoms with Crippen LogP contribution < -0.4 is 5.73 Å². The van der Waals surface area contributed by atoms with Crippen molar-refractivity contribution in [2.24, 2.45) is 5.73 Å². The van der Waals surface area contributed by atoms with Gasteiger partial charge in [-0.05, 0) is 13.0 Å². The van der Waals surface area contributed by atoms with E-state index in [1.807, 2.05) is 6.07 Å². The van der Waals surface area contributed by atoms with Crippen LogP contribution in [-0.2, 0) is 14.3 Å². The van der Waals surface area contributed by atoms with Crippen LogP contribution in [0.3, 0.4) is 0 Å². The minimum absolute atomic E-state index is 0.00430. The first kappa shape index (κ1) is 16.6. The summed E-state index contributed by atoms with van der Waals surface area (Å²) < 4.78 is 24.7. The number of carbonyl (C=O) groups is 1. The Balaban J connectivity index is 2.69. The van der Waals surface area contributed by atoms with Crippen LogP contribution in [0.4, 0.5) is 4.39 Å². The zero-order valence-electron chi connectivity index (χ0n) is 12.9. The molecule has 1 atom stereocenters. The lowest BCUT2D eigenvalue weighted by atomic mass is 9.82. The van der Waals surface area contributed by atoms with Crippen molar-refractivity contribution >= 4 is 5.97 Å². The number of nitriles is 1. The lowest BCUT2D eigenvalue weighted by Gasteiger charge is -2.27. The molecular formula is C17H17FN2O3. The molecule has 0 saturated carbocycles. The average molecular weight is 316 g/mol. The van der Waals surface area contributed by atoms with E-state index in [9.17, 15) is 14.4 Å². The lowest BCUT2D eigenvalue weighted by molar-refractivity contribution is -0.139. The number of nitrogens with zero attached hydrogens (tertiary/aromatic N) is 1. The topological polar surface area (TPSA) is 85.3 Å². The van der Waals surface area contributed by atoms with Gasteiger partial charge in [0.25, 0.3) is 0 Å². The standard InChI is InChI=1S/C17H17FN2O3/c1-3-13-15(17(21)22-4-2)14(11(9-19)16(20)23-13)10-7-5-6-8-12(10)18/h5-8,14H,3-4,20H2,1-2H3/t14-/m1/s1. The van der Waals surface area contributed by atoms with Crippen molar-refractivity contribution in [2.45, 2.75) is 26.2 Å². The molecule has 23 heavy (non-hydrogen) atoms. The number of esters is 1. The molecular weight excluding hydrogens is 299 g/mol. The van der Waals surface area contributed by atoms with Crippen molar-refractivity contribution in [3.63, 3.8) is 0 Å². The summed E-state index contributed by atoms with van der Waals surface area (Å²) in [7, 11) is 0. The van der Waals surface area contributed by atoms with Crippen molar-refractivity contribution in [3.05, 3.63) is 58.4 Å². The van der Waals surface area contributed by atoms with E-state index in [2.05, 4.69) is 0 Å². The van der Waals surface area contributed by atoms with Gasteiger partial charge in [-0.2, -0.15) is 5.26 Å².